The van der Waals surface area contributed by atoms with Crippen molar-refractivity contribution >= 4 is 43.4 Å². The molecular formula is C12H10Br2FN3. The second-order valence-corrected chi connectivity index (χ2v) is 5.23. The van der Waals surface area contributed by atoms with Crippen molar-refractivity contribution in [2.24, 2.45) is 0 Å². The molecule has 94 valence electrons. The third-order valence-corrected chi connectivity index (χ3v) is 3.34. The lowest BCUT2D eigenvalue weighted by Crippen LogP contribution is -2.01. The van der Waals surface area contributed by atoms with Crippen molar-refractivity contribution in [3.05, 3.63) is 45.0 Å². The summed E-state index contributed by atoms with van der Waals surface area (Å²) in [5.74, 6) is 0.913. The first-order chi connectivity index (χ1) is 8.60. The molecule has 1 aromatic heterocycles. The van der Waals surface area contributed by atoms with E-state index in [-0.39, 0.29) is 5.82 Å². The number of rotatable bonds is 3. The predicted octanol–water partition coefficient (Wildman–Crippen LogP) is 4.45. The summed E-state index contributed by atoms with van der Waals surface area (Å²) in [7, 11) is 0. The van der Waals surface area contributed by atoms with Crippen molar-refractivity contribution < 1.29 is 4.39 Å². The first-order valence-electron chi connectivity index (χ1n) is 5.34. The zero-order valence-electron chi connectivity index (χ0n) is 9.54. The van der Waals surface area contributed by atoms with Crippen molar-refractivity contribution in [2.75, 3.05) is 5.32 Å². The summed E-state index contributed by atoms with van der Waals surface area (Å²) in [5, 5.41) is 2.95. The Morgan fingerprint density at radius 1 is 1.28 bits per heavy atom. The van der Waals surface area contributed by atoms with Gasteiger partial charge in [-0.15, -0.1) is 0 Å². The van der Waals surface area contributed by atoms with Crippen molar-refractivity contribution in [3.8, 4) is 0 Å². The van der Waals surface area contributed by atoms with E-state index in [4.69, 9.17) is 0 Å². The number of anilines is 2. The number of nitrogens with zero attached hydrogens (tertiary/aromatic N) is 2. The lowest BCUT2D eigenvalue weighted by atomic mass is 10.3. The SMILES string of the molecule is CCc1nc(Br)cc(Nc2c(F)cccc2Br)n1. The summed E-state index contributed by atoms with van der Waals surface area (Å²) in [6.07, 6.45) is 0.715. The molecule has 0 aliphatic heterocycles. The van der Waals surface area contributed by atoms with E-state index in [1.807, 2.05) is 6.92 Å². The van der Waals surface area contributed by atoms with Crippen LogP contribution in [0.5, 0.6) is 0 Å². The molecule has 0 amide bonds. The molecule has 1 heterocycles. The maximum Gasteiger partial charge on any atom is 0.147 e. The Morgan fingerprint density at radius 3 is 2.72 bits per heavy atom. The fourth-order valence-electron chi connectivity index (χ4n) is 1.43. The standard InChI is InChI=1S/C12H10Br2FN3/c1-2-10-16-9(14)6-11(17-10)18-12-7(13)4-3-5-8(12)15/h3-6H,2H2,1H3,(H,16,17,18). The van der Waals surface area contributed by atoms with Crippen LogP contribution in [0.4, 0.5) is 15.9 Å². The molecule has 3 nitrogen and oxygen atoms in total. The van der Waals surface area contributed by atoms with Gasteiger partial charge in [0.15, 0.2) is 0 Å². The topological polar surface area (TPSA) is 37.8 Å². The number of hydrogen-bond donors (Lipinski definition) is 1. The number of benzene rings is 1. The van der Waals surface area contributed by atoms with Crippen molar-refractivity contribution in [1.82, 2.24) is 9.97 Å². The zero-order chi connectivity index (χ0) is 13.1. The van der Waals surface area contributed by atoms with Gasteiger partial charge in [-0.3, -0.25) is 0 Å². The molecule has 2 aromatic rings. The highest BCUT2D eigenvalue weighted by atomic mass is 79.9. The van der Waals surface area contributed by atoms with Gasteiger partial charge in [0, 0.05) is 17.0 Å². The van der Waals surface area contributed by atoms with Crippen molar-refractivity contribution in [2.45, 2.75) is 13.3 Å². The summed E-state index contributed by atoms with van der Waals surface area (Å²) < 4.78 is 15.0. The molecular weight excluding hydrogens is 365 g/mol. The Kier molecular flexibility index (Phi) is 4.29. The van der Waals surface area contributed by atoms with Crippen LogP contribution in [-0.4, -0.2) is 9.97 Å². The number of nitrogens with one attached hydrogen (secondary N) is 1. The maximum absolute atomic E-state index is 13.7. The van der Waals surface area contributed by atoms with E-state index in [0.717, 1.165) is 0 Å². The molecule has 1 N–H and O–H groups in total. The van der Waals surface area contributed by atoms with E-state index in [0.29, 0.717) is 32.8 Å². The Labute approximate surface area is 121 Å². The summed E-state index contributed by atoms with van der Waals surface area (Å²) in [6.45, 7) is 1.96. The molecule has 0 radical (unpaired) electrons. The van der Waals surface area contributed by atoms with Crippen LogP contribution in [0.3, 0.4) is 0 Å². The molecule has 6 heteroatoms. The molecule has 0 aliphatic rings. The Bertz CT molecular complexity index is 555. The molecule has 18 heavy (non-hydrogen) atoms. The van der Waals surface area contributed by atoms with Gasteiger partial charge in [-0.2, -0.15) is 0 Å². The molecule has 0 fully saturated rings. The minimum atomic E-state index is -0.336. The van der Waals surface area contributed by atoms with Crippen LogP contribution in [-0.2, 0) is 6.42 Å². The average molecular weight is 375 g/mol. The third kappa shape index (κ3) is 3.05. The first kappa shape index (κ1) is 13.4. The van der Waals surface area contributed by atoms with Gasteiger partial charge >= 0.3 is 0 Å². The van der Waals surface area contributed by atoms with E-state index in [1.165, 1.54) is 6.07 Å². The van der Waals surface area contributed by atoms with Gasteiger partial charge in [0.2, 0.25) is 0 Å². The van der Waals surface area contributed by atoms with Gasteiger partial charge < -0.3 is 5.32 Å². The number of para-hydroxylation sites is 1. The normalized spacial score (nSPS) is 10.4. The van der Waals surface area contributed by atoms with Gasteiger partial charge in [-0.1, -0.05) is 13.0 Å². The smallest absolute Gasteiger partial charge is 0.147 e. The van der Waals surface area contributed by atoms with Gasteiger partial charge in [-0.05, 0) is 44.0 Å². The van der Waals surface area contributed by atoms with Crippen LogP contribution in [0.25, 0.3) is 0 Å². The van der Waals surface area contributed by atoms with Crippen LogP contribution in [0.1, 0.15) is 12.7 Å². The third-order valence-electron chi connectivity index (χ3n) is 2.27. The van der Waals surface area contributed by atoms with Crippen LogP contribution in [0.15, 0.2) is 33.3 Å². The monoisotopic (exact) mass is 373 g/mol. The predicted molar refractivity (Wildman–Crippen MR) is 76.5 cm³/mol. The van der Waals surface area contributed by atoms with Crippen LogP contribution >= 0.6 is 31.9 Å². The average Bonchev–Trinajstić information content (AvgIpc) is 2.33. The van der Waals surface area contributed by atoms with Crippen molar-refractivity contribution in [3.63, 3.8) is 0 Å². The minimum Gasteiger partial charge on any atom is -0.337 e. The second kappa shape index (κ2) is 5.75. The molecule has 0 aliphatic carbocycles. The molecule has 0 spiro atoms. The number of aryl methyl sites for hydroxylation is 1. The summed E-state index contributed by atoms with van der Waals surface area (Å²) in [4.78, 5) is 8.49. The number of hydrogen-bond acceptors (Lipinski definition) is 3. The van der Waals surface area contributed by atoms with E-state index in [9.17, 15) is 4.39 Å². The molecule has 0 saturated heterocycles. The molecule has 0 saturated carbocycles. The van der Waals surface area contributed by atoms with E-state index in [2.05, 4.69) is 47.1 Å². The summed E-state index contributed by atoms with van der Waals surface area (Å²) >= 11 is 6.61. The maximum atomic E-state index is 13.7. The van der Waals surface area contributed by atoms with E-state index >= 15 is 0 Å². The summed E-state index contributed by atoms with van der Waals surface area (Å²) in [5.41, 5.74) is 0.366. The second-order valence-electron chi connectivity index (χ2n) is 3.57. The minimum absolute atomic E-state index is 0.336. The first-order valence-corrected chi connectivity index (χ1v) is 6.93. The van der Waals surface area contributed by atoms with Crippen molar-refractivity contribution in [1.29, 1.82) is 0 Å². The van der Waals surface area contributed by atoms with Gasteiger partial charge in [0.25, 0.3) is 0 Å². The number of aromatic nitrogens is 2. The quantitative estimate of drug-likeness (QED) is 0.806. The molecule has 1 aromatic carbocycles. The Morgan fingerprint density at radius 2 is 2.06 bits per heavy atom. The molecule has 0 unspecified atom stereocenters. The number of halogens is 3. The zero-order valence-corrected chi connectivity index (χ0v) is 12.7. The highest BCUT2D eigenvalue weighted by Gasteiger charge is 2.08. The van der Waals surface area contributed by atoms with Gasteiger partial charge in [-0.25, -0.2) is 14.4 Å². The Hall–Kier alpha value is -1.01. The van der Waals surface area contributed by atoms with Gasteiger partial charge in [0.1, 0.15) is 22.1 Å². The molecule has 2 rings (SSSR count). The highest BCUT2D eigenvalue weighted by molar-refractivity contribution is 9.10. The van der Waals surface area contributed by atoms with Crippen LogP contribution < -0.4 is 5.32 Å². The Balaban J connectivity index is 2.37. The van der Waals surface area contributed by atoms with Gasteiger partial charge in [0.05, 0.1) is 5.69 Å². The van der Waals surface area contributed by atoms with E-state index < -0.39 is 0 Å². The highest BCUT2D eigenvalue weighted by Crippen LogP contribution is 2.28. The fraction of sp³-hybridized carbons (Fsp3) is 0.167. The fourth-order valence-corrected chi connectivity index (χ4v) is 2.29. The van der Waals surface area contributed by atoms with Crippen LogP contribution in [0.2, 0.25) is 0 Å². The molecule has 0 bridgehead atoms. The lowest BCUT2D eigenvalue weighted by Gasteiger charge is -2.10. The van der Waals surface area contributed by atoms with Crippen LogP contribution in [0, 0.1) is 5.82 Å². The molecule has 0 atom stereocenters. The lowest BCUT2D eigenvalue weighted by molar-refractivity contribution is 0.631. The summed E-state index contributed by atoms with van der Waals surface area (Å²) in [6, 6.07) is 6.50. The van der Waals surface area contributed by atoms with E-state index in [1.54, 1.807) is 18.2 Å². The largest absolute Gasteiger partial charge is 0.337 e.